The van der Waals surface area contributed by atoms with E-state index in [1.54, 1.807) is 0 Å². The van der Waals surface area contributed by atoms with Crippen LogP contribution in [-0.2, 0) is 4.79 Å². The van der Waals surface area contributed by atoms with Crippen molar-refractivity contribution >= 4 is 5.91 Å². The van der Waals surface area contributed by atoms with Crippen molar-refractivity contribution in [2.45, 2.75) is 26.4 Å². The minimum atomic E-state index is -4.74. The molecule has 1 heterocycles. The van der Waals surface area contributed by atoms with E-state index in [4.69, 9.17) is 0 Å². The van der Waals surface area contributed by atoms with Crippen LogP contribution in [-0.4, -0.2) is 54.6 Å². The highest BCUT2D eigenvalue weighted by molar-refractivity contribution is 5.81. The molecule has 100 valence electrons. The molecule has 0 atom stereocenters. The van der Waals surface area contributed by atoms with Crippen molar-refractivity contribution in [2.24, 2.45) is 5.92 Å². The molecule has 0 N–H and O–H groups in total. The van der Waals surface area contributed by atoms with Crippen molar-refractivity contribution in [2.75, 3.05) is 32.7 Å². The summed E-state index contributed by atoms with van der Waals surface area (Å²) in [7, 11) is 0. The molecule has 1 saturated heterocycles. The van der Waals surface area contributed by atoms with Crippen molar-refractivity contribution in [1.29, 1.82) is 0 Å². The number of halogens is 3. The number of rotatable bonds is 3. The first-order valence-corrected chi connectivity index (χ1v) is 5.89. The van der Waals surface area contributed by atoms with Crippen molar-refractivity contribution in [3.05, 3.63) is 0 Å². The van der Waals surface area contributed by atoms with Gasteiger partial charge < -0.3 is 4.90 Å². The van der Waals surface area contributed by atoms with Gasteiger partial charge in [0.25, 0.3) is 0 Å². The molecule has 0 spiro atoms. The number of carbonyl (C=O) groups excluding carboxylic acids is 1. The molecule has 0 aromatic rings. The molecule has 0 aromatic heterocycles. The fourth-order valence-corrected chi connectivity index (χ4v) is 1.79. The summed E-state index contributed by atoms with van der Waals surface area (Å²) < 4.78 is 36.5. The normalized spacial score (nSPS) is 18.8. The summed E-state index contributed by atoms with van der Waals surface area (Å²) in [5, 5.41) is 0. The van der Waals surface area contributed by atoms with E-state index in [0.29, 0.717) is 19.0 Å². The summed E-state index contributed by atoms with van der Waals surface area (Å²) in [4.78, 5) is 14.0. The average Bonchev–Trinajstić information content (AvgIpc) is 2.25. The fourth-order valence-electron chi connectivity index (χ4n) is 1.79. The Morgan fingerprint density at radius 1 is 1.18 bits per heavy atom. The van der Waals surface area contributed by atoms with E-state index in [1.165, 1.54) is 0 Å². The van der Waals surface area contributed by atoms with E-state index in [2.05, 4.69) is 18.7 Å². The van der Waals surface area contributed by atoms with E-state index < -0.39 is 12.1 Å². The Bertz CT molecular complexity index is 258. The first-order chi connectivity index (χ1) is 7.80. The molecule has 0 unspecified atom stereocenters. The smallest absolute Gasteiger partial charge is 0.332 e. The second-order valence-corrected chi connectivity index (χ2v) is 4.81. The van der Waals surface area contributed by atoms with Gasteiger partial charge in [0.15, 0.2) is 0 Å². The summed E-state index contributed by atoms with van der Waals surface area (Å²) in [6.07, 6.45) is -3.70. The Hall–Kier alpha value is -0.780. The molecule has 17 heavy (non-hydrogen) atoms. The van der Waals surface area contributed by atoms with Crippen molar-refractivity contribution in [1.82, 2.24) is 9.80 Å². The number of hydrogen-bond donors (Lipinski definition) is 0. The number of amides is 1. The zero-order chi connectivity index (χ0) is 13.1. The van der Waals surface area contributed by atoms with Gasteiger partial charge in [0.05, 0.1) is 0 Å². The molecule has 0 aliphatic carbocycles. The lowest BCUT2D eigenvalue weighted by Gasteiger charge is -2.35. The van der Waals surface area contributed by atoms with Crippen LogP contribution in [0.5, 0.6) is 0 Å². The highest BCUT2D eigenvalue weighted by atomic mass is 19.4. The summed E-state index contributed by atoms with van der Waals surface area (Å²) >= 11 is 0. The quantitative estimate of drug-likeness (QED) is 0.764. The first-order valence-electron chi connectivity index (χ1n) is 5.89. The summed E-state index contributed by atoms with van der Waals surface area (Å²) in [5.74, 6) is -1.12. The van der Waals surface area contributed by atoms with Gasteiger partial charge in [0.1, 0.15) is 0 Å². The minimum absolute atomic E-state index is 0.177. The van der Waals surface area contributed by atoms with Crippen LogP contribution in [0.2, 0.25) is 0 Å². The monoisotopic (exact) mass is 252 g/mol. The van der Waals surface area contributed by atoms with Gasteiger partial charge in [-0.3, -0.25) is 9.69 Å². The van der Waals surface area contributed by atoms with E-state index in [9.17, 15) is 18.0 Å². The number of piperazine rings is 1. The summed E-state index contributed by atoms with van der Waals surface area (Å²) in [6.45, 7) is 6.55. The molecule has 0 aromatic carbocycles. The third-order valence-corrected chi connectivity index (χ3v) is 2.92. The summed E-state index contributed by atoms with van der Waals surface area (Å²) in [5.41, 5.74) is 0. The highest BCUT2D eigenvalue weighted by Gasteiger charge is 2.43. The highest BCUT2D eigenvalue weighted by Crippen LogP contribution is 2.19. The van der Waals surface area contributed by atoms with Crippen LogP contribution in [0.15, 0.2) is 0 Å². The van der Waals surface area contributed by atoms with Gasteiger partial charge in [-0.25, -0.2) is 0 Å². The SMILES string of the molecule is CC(C)CCN1CCN(C(=O)C(F)(F)F)CC1. The number of hydrogen-bond acceptors (Lipinski definition) is 2. The Balaban J connectivity index is 2.33. The first kappa shape index (κ1) is 14.3. The molecule has 1 rings (SSSR count). The second kappa shape index (κ2) is 5.71. The number of alkyl halides is 3. The van der Waals surface area contributed by atoms with Gasteiger partial charge >= 0.3 is 12.1 Å². The Labute approximate surface area is 99.6 Å². The van der Waals surface area contributed by atoms with Gasteiger partial charge in [-0.2, -0.15) is 13.2 Å². The zero-order valence-electron chi connectivity index (χ0n) is 10.3. The van der Waals surface area contributed by atoms with E-state index in [1.807, 2.05) is 0 Å². The maximum Gasteiger partial charge on any atom is 0.471 e. The topological polar surface area (TPSA) is 23.6 Å². The Morgan fingerprint density at radius 2 is 1.71 bits per heavy atom. The molecule has 1 amide bonds. The summed E-state index contributed by atoms with van der Waals surface area (Å²) in [6, 6.07) is 0. The molecule has 1 aliphatic heterocycles. The molecule has 3 nitrogen and oxygen atoms in total. The largest absolute Gasteiger partial charge is 0.471 e. The van der Waals surface area contributed by atoms with Crippen LogP contribution in [0.25, 0.3) is 0 Å². The van der Waals surface area contributed by atoms with Crippen molar-refractivity contribution in [3.8, 4) is 0 Å². The fraction of sp³-hybridized carbons (Fsp3) is 0.909. The third-order valence-electron chi connectivity index (χ3n) is 2.92. The lowest BCUT2D eigenvalue weighted by molar-refractivity contribution is -0.187. The van der Waals surface area contributed by atoms with Crippen LogP contribution in [0, 0.1) is 5.92 Å². The lowest BCUT2D eigenvalue weighted by Crippen LogP contribution is -2.52. The second-order valence-electron chi connectivity index (χ2n) is 4.81. The molecule has 0 radical (unpaired) electrons. The molecular weight excluding hydrogens is 233 g/mol. The average molecular weight is 252 g/mol. The van der Waals surface area contributed by atoms with Crippen LogP contribution in [0.1, 0.15) is 20.3 Å². The number of carbonyl (C=O) groups is 1. The predicted octanol–water partition coefficient (Wildman–Crippen LogP) is 1.74. The Morgan fingerprint density at radius 3 is 2.12 bits per heavy atom. The van der Waals surface area contributed by atoms with Crippen LogP contribution < -0.4 is 0 Å². The molecule has 0 bridgehead atoms. The lowest BCUT2D eigenvalue weighted by atomic mass is 10.1. The molecular formula is C11H19F3N2O. The van der Waals surface area contributed by atoms with E-state index in [0.717, 1.165) is 17.9 Å². The maximum absolute atomic E-state index is 12.2. The predicted molar refractivity (Wildman–Crippen MR) is 58.5 cm³/mol. The maximum atomic E-state index is 12.2. The standard InChI is InChI=1S/C11H19F3N2O/c1-9(2)3-4-15-5-7-16(8-6-15)10(17)11(12,13)14/h9H,3-8H2,1-2H3. The van der Waals surface area contributed by atoms with Gasteiger partial charge in [0.2, 0.25) is 0 Å². The third kappa shape index (κ3) is 4.53. The van der Waals surface area contributed by atoms with E-state index in [-0.39, 0.29) is 13.1 Å². The van der Waals surface area contributed by atoms with Crippen LogP contribution >= 0.6 is 0 Å². The Kier molecular flexibility index (Phi) is 4.80. The zero-order valence-corrected chi connectivity index (χ0v) is 10.3. The molecule has 0 saturated carbocycles. The van der Waals surface area contributed by atoms with Crippen LogP contribution in [0.4, 0.5) is 13.2 Å². The van der Waals surface area contributed by atoms with Gasteiger partial charge in [-0.05, 0) is 18.9 Å². The minimum Gasteiger partial charge on any atom is -0.332 e. The van der Waals surface area contributed by atoms with Crippen molar-refractivity contribution < 1.29 is 18.0 Å². The van der Waals surface area contributed by atoms with Gasteiger partial charge in [-0.15, -0.1) is 0 Å². The molecule has 1 aliphatic rings. The molecule has 1 fully saturated rings. The van der Waals surface area contributed by atoms with Gasteiger partial charge in [0, 0.05) is 26.2 Å². The van der Waals surface area contributed by atoms with E-state index >= 15 is 0 Å². The van der Waals surface area contributed by atoms with Crippen molar-refractivity contribution in [3.63, 3.8) is 0 Å². The number of nitrogens with zero attached hydrogens (tertiary/aromatic N) is 2. The molecule has 6 heteroatoms. The van der Waals surface area contributed by atoms with Gasteiger partial charge in [-0.1, -0.05) is 13.8 Å². The van der Waals surface area contributed by atoms with Crippen LogP contribution in [0.3, 0.4) is 0 Å².